The van der Waals surface area contributed by atoms with Crippen LogP contribution in [0.2, 0.25) is 0 Å². The number of hydrogen-bond acceptors (Lipinski definition) is 6. The Kier molecular flexibility index (Phi) is 5.61. The number of nitrogens with one attached hydrogen (secondary N) is 2. The van der Waals surface area contributed by atoms with E-state index in [0.717, 1.165) is 0 Å². The molecule has 130 valence electrons. The Morgan fingerprint density at radius 3 is 2.67 bits per heavy atom. The van der Waals surface area contributed by atoms with E-state index >= 15 is 0 Å². The summed E-state index contributed by atoms with van der Waals surface area (Å²) in [6.45, 7) is 7.67. The Morgan fingerprint density at radius 2 is 2.04 bits per heavy atom. The zero-order valence-electron chi connectivity index (χ0n) is 14.1. The number of thiazole rings is 1. The molecule has 8 heteroatoms. The van der Waals surface area contributed by atoms with E-state index < -0.39 is 11.7 Å². The van der Waals surface area contributed by atoms with E-state index in [1.807, 2.05) is 0 Å². The van der Waals surface area contributed by atoms with E-state index in [2.05, 4.69) is 15.6 Å². The maximum atomic E-state index is 12.2. The summed E-state index contributed by atoms with van der Waals surface area (Å²) in [6.07, 6.45) is 1.04. The van der Waals surface area contributed by atoms with Crippen molar-refractivity contribution in [1.82, 2.24) is 15.6 Å². The maximum Gasteiger partial charge on any atom is 0.408 e. The molecule has 0 radical (unpaired) electrons. The minimum atomic E-state index is -0.556. The van der Waals surface area contributed by atoms with Crippen LogP contribution in [0.5, 0.6) is 0 Å². The van der Waals surface area contributed by atoms with E-state index in [-0.39, 0.29) is 12.5 Å². The Balaban J connectivity index is 1.89. The Bertz CT molecular complexity index is 701. The van der Waals surface area contributed by atoms with Crippen LogP contribution in [0.3, 0.4) is 0 Å². The van der Waals surface area contributed by atoms with Gasteiger partial charge in [0.1, 0.15) is 21.2 Å². The van der Waals surface area contributed by atoms with Gasteiger partial charge in [-0.2, -0.15) is 0 Å². The fourth-order valence-electron chi connectivity index (χ4n) is 1.86. The smallest absolute Gasteiger partial charge is 0.408 e. The molecule has 2 rings (SSSR count). The fraction of sp³-hybridized carbons (Fsp3) is 0.438. The molecule has 2 amide bonds. The van der Waals surface area contributed by atoms with Crippen LogP contribution >= 0.6 is 11.3 Å². The van der Waals surface area contributed by atoms with Gasteiger partial charge in [0.2, 0.25) is 0 Å². The van der Waals surface area contributed by atoms with Gasteiger partial charge in [-0.1, -0.05) is 0 Å². The predicted molar refractivity (Wildman–Crippen MR) is 89.8 cm³/mol. The third-order valence-electron chi connectivity index (χ3n) is 2.83. The molecule has 2 aromatic heterocycles. The highest BCUT2D eigenvalue weighted by atomic mass is 32.1. The number of ether oxygens (including phenoxy) is 1. The largest absolute Gasteiger partial charge is 0.467 e. The van der Waals surface area contributed by atoms with E-state index in [1.54, 1.807) is 46.1 Å². The molecule has 0 fully saturated rings. The van der Waals surface area contributed by atoms with Crippen LogP contribution in [-0.4, -0.2) is 22.6 Å². The van der Waals surface area contributed by atoms with Crippen LogP contribution in [0, 0.1) is 6.92 Å². The number of alkyl carbamates (subject to hydrolysis) is 1. The lowest BCUT2D eigenvalue weighted by atomic mass is 10.2. The number of nitrogens with zero attached hydrogens (tertiary/aromatic N) is 1. The Morgan fingerprint density at radius 1 is 1.29 bits per heavy atom. The SMILES string of the molecule is Cc1nc(CNC(=O)OC(C)(C)C)sc1C(=O)NCc1ccco1. The van der Waals surface area contributed by atoms with Gasteiger partial charge >= 0.3 is 6.09 Å². The molecule has 0 aliphatic rings. The monoisotopic (exact) mass is 351 g/mol. The van der Waals surface area contributed by atoms with Gasteiger partial charge in [-0.3, -0.25) is 4.79 Å². The molecule has 0 spiro atoms. The van der Waals surface area contributed by atoms with Crippen molar-refractivity contribution >= 4 is 23.3 Å². The number of carbonyl (C=O) groups excluding carboxylic acids is 2. The lowest BCUT2D eigenvalue weighted by Gasteiger charge is -2.19. The van der Waals surface area contributed by atoms with Gasteiger partial charge < -0.3 is 19.8 Å². The first kappa shape index (κ1) is 18.0. The number of aromatic nitrogens is 1. The first-order valence-electron chi connectivity index (χ1n) is 7.48. The second-order valence-electron chi connectivity index (χ2n) is 6.14. The maximum absolute atomic E-state index is 12.2. The van der Waals surface area contributed by atoms with Gasteiger partial charge in [0, 0.05) is 0 Å². The zero-order chi connectivity index (χ0) is 17.7. The molecule has 2 heterocycles. The average molecular weight is 351 g/mol. The van der Waals surface area contributed by atoms with Crippen LogP contribution in [0.1, 0.15) is 46.9 Å². The van der Waals surface area contributed by atoms with Crippen molar-refractivity contribution in [2.24, 2.45) is 0 Å². The molecule has 0 aromatic carbocycles. The highest BCUT2D eigenvalue weighted by Gasteiger charge is 2.18. The molecule has 24 heavy (non-hydrogen) atoms. The summed E-state index contributed by atoms with van der Waals surface area (Å²) < 4.78 is 10.3. The first-order chi connectivity index (χ1) is 11.2. The summed E-state index contributed by atoms with van der Waals surface area (Å²) in [7, 11) is 0. The fourth-order valence-corrected chi connectivity index (χ4v) is 2.78. The van der Waals surface area contributed by atoms with Crippen molar-refractivity contribution in [3.05, 3.63) is 39.7 Å². The van der Waals surface area contributed by atoms with Gasteiger partial charge in [-0.25, -0.2) is 9.78 Å². The summed E-state index contributed by atoms with van der Waals surface area (Å²) >= 11 is 1.24. The molecule has 0 saturated carbocycles. The molecule has 0 aliphatic heterocycles. The second kappa shape index (κ2) is 7.48. The van der Waals surface area contributed by atoms with Crippen molar-refractivity contribution in [2.75, 3.05) is 0 Å². The lowest BCUT2D eigenvalue weighted by Crippen LogP contribution is -2.32. The van der Waals surface area contributed by atoms with Crippen LogP contribution in [-0.2, 0) is 17.8 Å². The summed E-state index contributed by atoms with van der Waals surface area (Å²) in [4.78, 5) is 28.7. The topological polar surface area (TPSA) is 93.5 Å². The number of carbonyl (C=O) groups is 2. The highest BCUT2D eigenvalue weighted by Crippen LogP contribution is 2.18. The third-order valence-corrected chi connectivity index (χ3v) is 3.99. The van der Waals surface area contributed by atoms with Crippen molar-refractivity contribution in [2.45, 2.75) is 46.4 Å². The van der Waals surface area contributed by atoms with Gasteiger partial charge in [-0.05, 0) is 39.8 Å². The molecule has 2 aromatic rings. The molecule has 0 saturated heterocycles. The third kappa shape index (κ3) is 5.38. The van der Waals surface area contributed by atoms with Crippen molar-refractivity contribution in [1.29, 1.82) is 0 Å². The highest BCUT2D eigenvalue weighted by molar-refractivity contribution is 7.13. The summed E-state index contributed by atoms with van der Waals surface area (Å²) in [6, 6.07) is 3.55. The number of rotatable bonds is 5. The van der Waals surface area contributed by atoms with E-state index in [1.165, 1.54) is 11.3 Å². The van der Waals surface area contributed by atoms with Gasteiger partial charge in [-0.15, -0.1) is 11.3 Å². The van der Waals surface area contributed by atoms with Crippen molar-refractivity contribution < 1.29 is 18.7 Å². The standard InChI is InChI=1S/C16H21N3O4S/c1-10-13(14(20)17-8-11-6-5-7-22-11)24-12(19-10)9-18-15(21)23-16(2,3)4/h5-7H,8-9H2,1-4H3,(H,17,20)(H,18,21). The van der Waals surface area contributed by atoms with E-state index in [9.17, 15) is 9.59 Å². The molecule has 0 bridgehead atoms. The molecule has 0 atom stereocenters. The zero-order valence-corrected chi connectivity index (χ0v) is 15.0. The number of furan rings is 1. The number of amides is 2. The molecule has 0 aliphatic carbocycles. The number of aryl methyl sites for hydroxylation is 1. The minimum absolute atomic E-state index is 0.214. The average Bonchev–Trinajstić information content (AvgIpc) is 3.10. The van der Waals surface area contributed by atoms with Crippen LogP contribution in [0.4, 0.5) is 4.79 Å². The summed E-state index contributed by atoms with van der Waals surface area (Å²) in [5.41, 5.74) is 0.0673. The quantitative estimate of drug-likeness (QED) is 0.864. The number of hydrogen-bond donors (Lipinski definition) is 2. The second-order valence-corrected chi connectivity index (χ2v) is 7.22. The summed E-state index contributed by atoms with van der Waals surface area (Å²) in [5, 5.41) is 6.05. The predicted octanol–water partition coefficient (Wildman–Crippen LogP) is 3.00. The molecular weight excluding hydrogens is 330 g/mol. The van der Waals surface area contributed by atoms with E-state index in [0.29, 0.717) is 27.9 Å². The Hall–Kier alpha value is -2.35. The molecular formula is C16H21N3O4S. The van der Waals surface area contributed by atoms with Crippen LogP contribution in [0.25, 0.3) is 0 Å². The first-order valence-corrected chi connectivity index (χ1v) is 8.30. The molecule has 2 N–H and O–H groups in total. The molecule has 7 nitrogen and oxygen atoms in total. The van der Waals surface area contributed by atoms with Crippen molar-refractivity contribution in [3.63, 3.8) is 0 Å². The minimum Gasteiger partial charge on any atom is -0.467 e. The van der Waals surface area contributed by atoms with E-state index in [4.69, 9.17) is 9.15 Å². The lowest BCUT2D eigenvalue weighted by molar-refractivity contribution is 0.0523. The van der Waals surface area contributed by atoms with Gasteiger partial charge in [0.15, 0.2) is 0 Å². The van der Waals surface area contributed by atoms with Gasteiger partial charge in [0.05, 0.1) is 25.0 Å². The normalized spacial score (nSPS) is 11.2. The molecule has 0 unspecified atom stereocenters. The summed E-state index contributed by atoms with van der Waals surface area (Å²) in [5.74, 6) is 0.460. The van der Waals surface area contributed by atoms with Gasteiger partial charge in [0.25, 0.3) is 5.91 Å². The Labute approximate surface area is 144 Å². The van der Waals surface area contributed by atoms with Crippen molar-refractivity contribution in [3.8, 4) is 0 Å². The van der Waals surface area contributed by atoms with Crippen LogP contribution in [0.15, 0.2) is 22.8 Å². The van der Waals surface area contributed by atoms with Crippen LogP contribution < -0.4 is 10.6 Å².